The maximum atomic E-state index is 13.4. The zero-order chi connectivity index (χ0) is 21.8. The lowest BCUT2D eigenvalue weighted by Crippen LogP contribution is -2.30. The Morgan fingerprint density at radius 3 is 2.68 bits per heavy atom. The fraction of sp³-hybridized carbons (Fsp3) is 0.250. The highest BCUT2D eigenvalue weighted by Crippen LogP contribution is 2.39. The normalized spacial score (nSPS) is 15.5. The van der Waals surface area contributed by atoms with E-state index in [4.69, 9.17) is 9.47 Å². The number of likely N-dealkylation sites (tertiary alicyclic amines) is 1. The number of nitrogens with one attached hydrogen (secondary N) is 1. The number of anilines is 1. The van der Waals surface area contributed by atoms with Crippen molar-refractivity contribution >= 4 is 28.8 Å². The Labute approximate surface area is 185 Å². The standard InChI is InChI=1S/C24H24N2O4S/c1-29-18-10-11-21(30-2)19(15-18)20-8-4-12-26(20)24(28)16-6-3-7-17(14-16)25-23(27)22-9-5-13-31-22/h3,5-7,9-11,13-15,20H,4,8,12H2,1-2H3,(H,25,27). The van der Waals surface area contributed by atoms with Crippen LogP contribution in [0.4, 0.5) is 5.69 Å². The van der Waals surface area contributed by atoms with Crippen LogP contribution in [-0.4, -0.2) is 37.5 Å². The number of rotatable bonds is 6. The van der Waals surface area contributed by atoms with Gasteiger partial charge in [0.25, 0.3) is 11.8 Å². The second-order valence-electron chi connectivity index (χ2n) is 7.28. The van der Waals surface area contributed by atoms with Crippen LogP contribution in [0.3, 0.4) is 0 Å². The Balaban J connectivity index is 1.57. The summed E-state index contributed by atoms with van der Waals surface area (Å²) >= 11 is 1.38. The van der Waals surface area contributed by atoms with Crippen molar-refractivity contribution in [2.75, 3.05) is 26.1 Å². The summed E-state index contributed by atoms with van der Waals surface area (Å²) in [5, 5.41) is 4.73. The molecular formula is C24H24N2O4S. The second kappa shape index (κ2) is 9.22. The molecule has 1 aliphatic rings. The average Bonchev–Trinajstić information content (AvgIpc) is 3.50. The SMILES string of the molecule is COc1ccc(OC)c(C2CCCN2C(=O)c2cccc(NC(=O)c3cccs3)c2)c1. The van der Waals surface area contributed by atoms with Crippen molar-refractivity contribution in [1.29, 1.82) is 0 Å². The van der Waals surface area contributed by atoms with Crippen molar-refractivity contribution in [3.63, 3.8) is 0 Å². The summed E-state index contributed by atoms with van der Waals surface area (Å²) in [6.07, 6.45) is 1.76. The van der Waals surface area contributed by atoms with E-state index in [9.17, 15) is 9.59 Å². The number of nitrogens with zero attached hydrogens (tertiary/aromatic N) is 1. The van der Waals surface area contributed by atoms with Crippen LogP contribution in [0, 0.1) is 0 Å². The lowest BCUT2D eigenvalue weighted by atomic mass is 10.0. The van der Waals surface area contributed by atoms with Crippen LogP contribution in [0.2, 0.25) is 0 Å². The maximum Gasteiger partial charge on any atom is 0.265 e. The minimum atomic E-state index is -0.181. The molecule has 160 valence electrons. The van der Waals surface area contributed by atoms with Crippen molar-refractivity contribution in [2.24, 2.45) is 0 Å². The third-order valence-electron chi connectivity index (χ3n) is 5.42. The molecule has 2 amide bonds. The largest absolute Gasteiger partial charge is 0.497 e. The first-order chi connectivity index (χ1) is 15.1. The molecule has 1 unspecified atom stereocenters. The predicted octanol–water partition coefficient (Wildman–Crippen LogP) is 4.99. The van der Waals surface area contributed by atoms with E-state index in [1.54, 1.807) is 44.6 Å². The number of hydrogen-bond acceptors (Lipinski definition) is 5. The Kier molecular flexibility index (Phi) is 6.23. The number of carbonyl (C=O) groups is 2. The zero-order valence-electron chi connectivity index (χ0n) is 17.5. The van der Waals surface area contributed by atoms with Crippen LogP contribution >= 0.6 is 11.3 Å². The summed E-state index contributed by atoms with van der Waals surface area (Å²) in [5.74, 6) is 1.22. The quantitative estimate of drug-likeness (QED) is 0.591. The first-order valence-electron chi connectivity index (χ1n) is 10.1. The van der Waals surface area contributed by atoms with E-state index in [-0.39, 0.29) is 17.9 Å². The third kappa shape index (κ3) is 4.41. The fourth-order valence-electron chi connectivity index (χ4n) is 3.93. The van der Waals surface area contributed by atoms with Crippen molar-refractivity contribution < 1.29 is 19.1 Å². The molecule has 1 fully saturated rings. The molecule has 1 aliphatic heterocycles. The lowest BCUT2D eigenvalue weighted by Gasteiger charge is -2.27. The van der Waals surface area contributed by atoms with Gasteiger partial charge in [-0.25, -0.2) is 0 Å². The maximum absolute atomic E-state index is 13.4. The van der Waals surface area contributed by atoms with Gasteiger partial charge < -0.3 is 19.7 Å². The fourth-order valence-corrected chi connectivity index (χ4v) is 4.55. The van der Waals surface area contributed by atoms with Gasteiger partial charge in [-0.1, -0.05) is 12.1 Å². The first kappa shape index (κ1) is 20.9. The molecule has 0 radical (unpaired) electrons. The molecule has 0 spiro atoms. The summed E-state index contributed by atoms with van der Waals surface area (Å²) in [6.45, 7) is 0.662. The summed E-state index contributed by atoms with van der Waals surface area (Å²) < 4.78 is 10.9. The van der Waals surface area contributed by atoms with Gasteiger partial charge in [0.05, 0.1) is 25.1 Å². The Morgan fingerprint density at radius 1 is 1.06 bits per heavy atom. The molecule has 1 saturated heterocycles. The van der Waals surface area contributed by atoms with Gasteiger partial charge in [-0.15, -0.1) is 11.3 Å². The number of benzene rings is 2. The molecule has 7 heteroatoms. The highest BCUT2D eigenvalue weighted by atomic mass is 32.1. The zero-order valence-corrected chi connectivity index (χ0v) is 18.3. The van der Waals surface area contributed by atoms with E-state index in [1.807, 2.05) is 34.5 Å². The van der Waals surface area contributed by atoms with E-state index in [0.717, 1.165) is 29.9 Å². The van der Waals surface area contributed by atoms with Gasteiger partial charge in [-0.2, -0.15) is 0 Å². The number of amides is 2. The van der Waals surface area contributed by atoms with Crippen molar-refractivity contribution in [3.8, 4) is 11.5 Å². The highest BCUT2D eigenvalue weighted by Gasteiger charge is 2.32. The smallest absolute Gasteiger partial charge is 0.265 e. The molecule has 2 aromatic carbocycles. The molecule has 0 aliphatic carbocycles. The highest BCUT2D eigenvalue weighted by molar-refractivity contribution is 7.12. The van der Waals surface area contributed by atoms with E-state index in [2.05, 4.69) is 5.32 Å². The molecular weight excluding hydrogens is 412 g/mol. The molecule has 1 N–H and O–H groups in total. The molecule has 2 heterocycles. The molecule has 31 heavy (non-hydrogen) atoms. The topological polar surface area (TPSA) is 67.9 Å². The van der Waals surface area contributed by atoms with Crippen molar-refractivity contribution in [3.05, 3.63) is 76.0 Å². The minimum Gasteiger partial charge on any atom is -0.497 e. The van der Waals surface area contributed by atoms with E-state index < -0.39 is 0 Å². The van der Waals surface area contributed by atoms with Gasteiger partial charge in [0.1, 0.15) is 11.5 Å². The summed E-state index contributed by atoms with van der Waals surface area (Å²) in [5.41, 5.74) is 2.08. The summed E-state index contributed by atoms with van der Waals surface area (Å²) in [6, 6.07) is 16.2. The Bertz CT molecular complexity index is 1080. The van der Waals surface area contributed by atoms with Crippen LogP contribution in [0.5, 0.6) is 11.5 Å². The average molecular weight is 437 g/mol. The monoisotopic (exact) mass is 436 g/mol. The van der Waals surface area contributed by atoms with Crippen LogP contribution in [-0.2, 0) is 0 Å². The molecule has 6 nitrogen and oxygen atoms in total. The first-order valence-corrected chi connectivity index (χ1v) is 11.0. The van der Waals surface area contributed by atoms with Gasteiger partial charge in [0.2, 0.25) is 0 Å². The van der Waals surface area contributed by atoms with Crippen LogP contribution < -0.4 is 14.8 Å². The lowest BCUT2D eigenvalue weighted by molar-refractivity contribution is 0.0733. The van der Waals surface area contributed by atoms with Crippen molar-refractivity contribution in [2.45, 2.75) is 18.9 Å². The summed E-state index contributed by atoms with van der Waals surface area (Å²) in [7, 11) is 3.26. The molecule has 0 saturated carbocycles. The van der Waals surface area contributed by atoms with E-state index in [1.165, 1.54) is 11.3 Å². The minimum absolute atomic E-state index is 0.0698. The molecule has 3 aromatic rings. The van der Waals surface area contributed by atoms with Crippen LogP contribution in [0.1, 0.15) is 44.5 Å². The van der Waals surface area contributed by atoms with Gasteiger partial charge in [-0.3, -0.25) is 9.59 Å². The van der Waals surface area contributed by atoms with Gasteiger partial charge in [-0.05, 0) is 60.7 Å². The number of carbonyl (C=O) groups excluding carboxylic acids is 2. The Hall–Kier alpha value is -3.32. The number of hydrogen-bond donors (Lipinski definition) is 1. The summed E-state index contributed by atoms with van der Waals surface area (Å²) in [4.78, 5) is 28.3. The van der Waals surface area contributed by atoms with Gasteiger partial charge >= 0.3 is 0 Å². The number of methoxy groups -OCH3 is 2. The number of thiophene rings is 1. The second-order valence-corrected chi connectivity index (χ2v) is 8.22. The van der Waals surface area contributed by atoms with Crippen LogP contribution in [0.25, 0.3) is 0 Å². The molecule has 0 bridgehead atoms. The molecule has 4 rings (SSSR count). The van der Waals surface area contributed by atoms with Gasteiger partial charge in [0, 0.05) is 23.4 Å². The third-order valence-corrected chi connectivity index (χ3v) is 6.29. The predicted molar refractivity (Wildman–Crippen MR) is 121 cm³/mol. The Morgan fingerprint density at radius 2 is 1.94 bits per heavy atom. The van der Waals surface area contributed by atoms with Crippen molar-refractivity contribution in [1.82, 2.24) is 4.90 Å². The number of ether oxygens (including phenoxy) is 2. The van der Waals surface area contributed by atoms with E-state index in [0.29, 0.717) is 22.7 Å². The molecule has 1 aromatic heterocycles. The molecule has 1 atom stereocenters. The van der Waals surface area contributed by atoms with Gasteiger partial charge in [0.15, 0.2) is 0 Å². The van der Waals surface area contributed by atoms with Crippen LogP contribution in [0.15, 0.2) is 60.0 Å². The van der Waals surface area contributed by atoms with E-state index >= 15 is 0 Å².